The maximum atomic E-state index is 12.6. The molecule has 7 nitrogen and oxygen atoms in total. The summed E-state index contributed by atoms with van der Waals surface area (Å²) in [6.07, 6.45) is 4.85. The zero-order valence-corrected chi connectivity index (χ0v) is 18.1. The molecule has 3 amide bonds. The normalized spacial score (nSPS) is 26.5. The van der Waals surface area contributed by atoms with Gasteiger partial charge in [0, 0.05) is 6.04 Å². The lowest BCUT2D eigenvalue weighted by Gasteiger charge is -2.29. The van der Waals surface area contributed by atoms with Crippen LogP contribution in [0.2, 0.25) is 0 Å². The maximum Gasteiger partial charge on any atom is 0.257 e. The number of nitrogens with one attached hydrogen (secondary N) is 1. The summed E-state index contributed by atoms with van der Waals surface area (Å²) in [5, 5.41) is 3.36. The number of amides is 3. The third-order valence-corrected chi connectivity index (χ3v) is 7.39. The first kappa shape index (κ1) is 20.9. The van der Waals surface area contributed by atoms with Crippen LogP contribution in [0.25, 0.3) is 0 Å². The number of methoxy groups -OCH3 is 1. The van der Waals surface area contributed by atoms with Crippen LogP contribution in [-0.4, -0.2) is 41.8 Å². The van der Waals surface area contributed by atoms with Crippen molar-refractivity contribution in [3.63, 3.8) is 0 Å². The van der Waals surface area contributed by atoms with Crippen LogP contribution in [0.1, 0.15) is 39.0 Å². The Morgan fingerprint density at radius 3 is 2.67 bits per heavy atom. The minimum absolute atomic E-state index is 0.0990. The number of rotatable bonds is 6. The van der Waals surface area contributed by atoms with Gasteiger partial charge in [0.1, 0.15) is 12.2 Å². The molecule has 1 N–H and O–H groups in total. The molecule has 30 heavy (non-hydrogen) atoms. The zero-order valence-electron chi connectivity index (χ0n) is 17.3. The average Bonchev–Trinajstić information content (AvgIpc) is 3.36. The van der Waals surface area contributed by atoms with E-state index in [4.69, 9.17) is 4.74 Å². The number of thioether (sulfide) groups is 1. The van der Waals surface area contributed by atoms with Gasteiger partial charge < -0.3 is 10.1 Å². The number of hydrogen-bond donors (Lipinski definition) is 1. The molecule has 2 bridgehead atoms. The molecule has 0 aromatic heterocycles. The first-order chi connectivity index (χ1) is 14.4. The first-order valence-electron chi connectivity index (χ1n) is 10.4. The second kappa shape index (κ2) is 8.79. The van der Waals surface area contributed by atoms with Crippen LogP contribution in [0.15, 0.2) is 29.3 Å². The maximum absolute atomic E-state index is 12.6. The molecule has 1 aromatic rings. The van der Waals surface area contributed by atoms with E-state index in [2.05, 4.69) is 17.2 Å². The van der Waals surface area contributed by atoms with Gasteiger partial charge in [-0.05, 0) is 68.2 Å². The molecule has 2 fully saturated rings. The second-order valence-corrected chi connectivity index (χ2v) is 9.32. The van der Waals surface area contributed by atoms with Crippen LogP contribution in [0.3, 0.4) is 0 Å². The van der Waals surface area contributed by atoms with E-state index in [1.807, 2.05) is 0 Å². The van der Waals surface area contributed by atoms with Crippen LogP contribution in [-0.2, 0) is 14.4 Å². The van der Waals surface area contributed by atoms with Crippen molar-refractivity contribution in [1.82, 2.24) is 5.32 Å². The van der Waals surface area contributed by atoms with E-state index in [1.54, 1.807) is 31.4 Å². The summed E-state index contributed by atoms with van der Waals surface area (Å²) in [7, 11) is 1.57. The number of ether oxygens (including phenoxy) is 1. The van der Waals surface area contributed by atoms with Crippen LogP contribution >= 0.6 is 11.8 Å². The van der Waals surface area contributed by atoms with Crippen molar-refractivity contribution in [2.24, 2.45) is 22.7 Å². The fraction of sp³-hybridized carbons (Fsp3) is 0.545. The Bertz CT molecular complexity index is 870. The second-order valence-electron chi connectivity index (χ2n) is 8.38. The number of nitrogens with zero attached hydrogens (tertiary/aromatic N) is 2. The van der Waals surface area contributed by atoms with Gasteiger partial charge in [-0.15, -0.1) is 0 Å². The Morgan fingerprint density at radius 1 is 1.27 bits per heavy atom. The summed E-state index contributed by atoms with van der Waals surface area (Å²) >= 11 is 1.12. The minimum atomic E-state index is -0.483. The third kappa shape index (κ3) is 4.38. The highest BCUT2D eigenvalue weighted by atomic mass is 32.2. The van der Waals surface area contributed by atoms with Crippen molar-refractivity contribution < 1.29 is 19.1 Å². The van der Waals surface area contributed by atoms with Gasteiger partial charge in [-0.2, -0.15) is 4.99 Å². The topological polar surface area (TPSA) is 88.1 Å². The van der Waals surface area contributed by atoms with Crippen molar-refractivity contribution in [2.75, 3.05) is 17.8 Å². The number of amidine groups is 1. The highest BCUT2D eigenvalue weighted by Crippen LogP contribution is 2.49. The number of anilines is 1. The van der Waals surface area contributed by atoms with E-state index in [-0.39, 0.29) is 35.2 Å². The summed E-state index contributed by atoms with van der Waals surface area (Å²) in [5.41, 5.74) is 0.593. The lowest BCUT2D eigenvalue weighted by molar-refractivity contribution is -0.126. The fourth-order valence-corrected chi connectivity index (χ4v) is 5.88. The molecule has 160 valence electrons. The zero-order chi connectivity index (χ0) is 21.3. The van der Waals surface area contributed by atoms with E-state index < -0.39 is 5.91 Å². The molecule has 1 aliphatic heterocycles. The molecule has 8 heteroatoms. The molecule has 4 unspecified atom stereocenters. The van der Waals surface area contributed by atoms with Crippen LogP contribution < -0.4 is 15.0 Å². The van der Waals surface area contributed by atoms with Gasteiger partial charge in [0.2, 0.25) is 11.8 Å². The van der Waals surface area contributed by atoms with Crippen LogP contribution in [0, 0.1) is 17.8 Å². The standard InChI is InChI=1S/C22H27N3O4S/c1-13(18-10-14-3-4-15(18)9-14)23-20(27)12-30-22-24-19(26)11-21(28)25(22)16-5-7-17(29-2)8-6-16/h5-8,13-15,18H,3-4,9-12H2,1-2H3,(H,23,27). The Kier molecular flexibility index (Phi) is 6.13. The van der Waals surface area contributed by atoms with E-state index >= 15 is 0 Å². The quantitative estimate of drug-likeness (QED) is 0.703. The summed E-state index contributed by atoms with van der Waals surface area (Å²) < 4.78 is 5.16. The van der Waals surface area contributed by atoms with Crippen LogP contribution in [0.5, 0.6) is 5.75 Å². The number of aliphatic imine (C=N–C) groups is 1. The lowest BCUT2D eigenvalue weighted by atomic mass is 9.84. The van der Waals surface area contributed by atoms with Crippen molar-refractivity contribution >= 4 is 40.3 Å². The summed E-state index contributed by atoms with van der Waals surface area (Å²) in [5.74, 6) is 1.97. The Balaban J connectivity index is 1.38. The van der Waals surface area contributed by atoms with Gasteiger partial charge in [-0.25, -0.2) is 0 Å². The number of hydrogen-bond acceptors (Lipinski definition) is 5. The predicted molar refractivity (Wildman–Crippen MR) is 117 cm³/mol. The van der Waals surface area contributed by atoms with Gasteiger partial charge in [0.05, 0.1) is 18.6 Å². The van der Waals surface area contributed by atoms with Crippen molar-refractivity contribution in [2.45, 2.75) is 45.1 Å². The molecule has 2 aliphatic carbocycles. The molecule has 0 spiro atoms. The molecule has 3 aliphatic rings. The molecule has 1 heterocycles. The van der Waals surface area contributed by atoms with E-state index in [1.165, 1.54) is 30.6 Å². The molecule has 0 saturated heterocycles. The Morgan fingerprint density at radius 2 is 2.03 bits per heavy atom. The number of carbonyl (C=O) groups excluding carboxylic acids is 3. The SMILES string of the molecule is COc1ccc(N2C(=O)CC(=O)N=C2SCC(=O)NC(C)C2CC3CCC2C3)cc1. The van der Waals surface area contributed by atoms with Gasteiger partial charge in [0.15, 0.2) is 5.17 Å². The monoisotopic (exact) mass is 429 g/mol. The predicted octanol–water partition coefficient (Wildman–Crippen LogP) is 2.99. The van der Waals surface area contributed by atoms with Crippen molar-refractivity contribution in [3.8, 4) is 5.75 Å². The fourth-order valence-electron chi connectivity index (χ4n) is 5.03. The van der Waals surface area contributed by atoms with Crippen molar-refractivity contribution in [3.05, 3.63) is 24.3 Å². The van der Waals surface area contributed by atoms with Gasteiger partial charge in [0.25, 0.3) is 5.91 Å². The van der Waals surface area contributed by atoms with Gasteiger partial charge >= 0.3 is 0 Å². The Labute approximate surface area is 180 Å². The lowest BCUT2D eigenvalue weighted by Crippen LogP contribution is -2.43. The molecule has 0 radical (unpaired) electrons. The molecular formula is C22H27N3O4S. The molecule has 2 saturated carbocycles. The van der Waals surface area contributed by atoms with E-state index in [0.29, 0.717) is 17.4 Å². The summed E-state index contributed by atoms with van der Waals surface area (Å²) in [6.45, 7) is 2.09. The third-order valence-electron chi connectivity index (χ3n) is 6.45. The van der Waals surface area contributed by atoms with Gasteiger partial charge in [-0.3, -0.25) is 19.3 Å². The van der Waals surface area contributed by atoms with E-state index in [0.717, 1.165) is 23.6 Å². The van der Waals surface area contributed by atoms with Crippen molar-refractivity contribution in [1.29, 1.82) is 0 Å². The molecule has 4 atom stereocenters. The highest BCUT2D eigenvalue weighted by Gasteiger charge is 2.42. The summed E-state index contributed by atoms with van der Waals surface area (Å²) in [6, 6.07) is 7.10. The largest absolute Gasteiger partial charge is 0.497 e. The van der Waals surface area contributed by atoms with Crippen LogP contribution in [0.4, 0.5) is 5.69 Å². The molecular weight excluding hydrogens is 402 g/mol. The Hall–Kier alpha value is -2.35. The average molecular weight is 430 g/mol. The first-order valence-corrected chi connectivity index (χ1v) is 11.4. The van der Waals surface area contributed by atoms with Gasteiger partial charge in [-0.1, -0.05) is 18.2 Å². The number of carbonyl (C=O) groups is 3. The smallest absolute Gasteiger partial charge is 0.257 e. The number of fused-ring (bicyclic) bond motifs is 2. The molecule has 4 rings (SSSR count). The summed E-state index contributed by atoms with van der Waals surface area (Å²) in [4.78, 5) is 42.4. The highest BCUT2D eigenvalue weighted by molar-refractivity contribution is 8.14. The molecule has 1 aromatic carbocycles. The minimum Gasteiger partial charge on any atom is -0.497 e. The number of benzene rings is 1. The van der Waals surface area contributed by atoms with E-state index in [9.17, 15) is 14.4 Å².